The number of methoxy groups -OCH3 is 1. The van der Waals surface area contributed by atoms with Gasteiger partial charge >= 0.3 is 12.1 Å². The highest BCUT2D eigenvalue weighted by atomic mass is 28.3. The van der Waals surface area contributed by atoms with Crippen LogP contribution in [0.5, 0.6) is 0 Å². The van der Waals surface area contributed by atoms with Gasteiger partial charge in [-0.3, -0.25) is 5.32 Å². The Kier molecular flexibility index (Phi) is 6.17. The number of benzene rings is 1. The zero-order valence-corrected chi connectivity index (χ0v) is 13.8. The molecule has 1 aromatic carbocycles. The number of alkyl carbamates (subject to hydrolysis) is 1. The van der Waals surface area contributed by atoms with Gasteiger partial charge < -0.3 is 9.47 Å². The number of nitrogens with one attached hydrogen (secondary N) is 1. The van der Waals surface area contributed by atoms with Gasteiger partial charge in [-0.1, -0.05) is 55.7 Å². The first kappa shape index (κ1) is 17.0. The van der Waals surface area contributed by atoms with Crippen molar-refractivity contribution in [3.8, 4) is 0 Å². The minimum Gasteiger partial charge on any atom is -0.464 e. The van der Waals surface area contributed by atoms with Gasteiger partial charge in [-0.25, -0.2) is 9.59 Å². The molecule has 5 nitrogen and oxygen atoms in total. The van der Waals surface area contributed by atoms with Crippen molar-refractivity contribution >= 4 is 20.1 Å². The topological polar surface area (TPSA) is 64.6 Å². The Hall–Kier alpha value is -2.08. The second-order valence-electron chi connectivity index (χ2n) is 5.60. The summed E-state index contributed by atoms with van der Waals surface area (Å²) in [5.41, 5.74) is 2.78. The van der Waals surface area contributed by atoms with Gasteiger partial charge in [0.25, 0.3) is 0 Å². The molecule has 1 amide bonds. The van der Waals surface area contributed by atoms with Gasteiger partial charge in [-0.05, 0) is 5.56 Å². The zero-order chi connectivity index (χ0) is 15.9. The molecule has 0 saturated carbocycles. The van der Waals surface area contributed by atoms with E-state index in [9.17, 15) is 9.59 Å². The van der Waals surface area contributed by atoms with Gasteiger partial charge in [0.1, 0.15) is 12.3 Å². The predicted molar refractivity (Wildman–Crippen MR) is 83.2 cm³/mol. The lowest BCUT2D eigenvalue weighted by Crippen LogP contribution is -2.32. The number of carbonyl (C=O) groups is 2. The highest BCUT2D eigenvalue weighted by Gasteiger charge is 2.19. The van der Waals surface area contributed by atoms with Crippen molar-refractivity contribution in [3.05, 3.63) is 47.3 Å². The van der Waals surface area contributed by atoms with Crippen LogP contribution in [0.4, 0.5) is 4.79 Å². The van der Waals surface area contributed by atoms with Crippen LogP contribution < -0.4 is 5.32 Å². The summed E-state index contributed by atoms with van der Waals surface area (Å²) in [4.78, 5) is 23.4. The van der Waals surface area contributed by atoms with Crippen LogP contribution in [0.15, 0.2) is 41.7 Å². The molecular weight excluding hydrogens is 286 g/mol. The molecule has 0 spiro atoms. The first-order chi connectivity index (χ1) is 9.81. The molecular formula is C15H21NO4Si. The third kappa shape index (κ3) is 6.76. The summed E-state index contributed by atoms with van der Waals surface area (Å²) in [6.45, 7) is 6.29. The Labute approximate surface area is 126 Å². The molecule has 6 heteroatoms. The largest absolute Gasteiger partial charge is 0.464 e. The smallest absolute Gasteiger partial charge is 0.412 e. The van der Waals surface area contributed by atoms with Gasteiger partial charge in [0.15, 0.2) is 0 Å². The number of rotatable bonds is 5. The third-order valence-corrected chi connectivity index (χ3v) is 3.59. The molecule has 1 aromatic rings. The van der Waals surface area contributed by atoms with Crippen molar-refractivity contribution in [1.82, 2.24) is 5.32 Å². The van der Waals surface area contributed by atoms with Gasteiger partial charge in [0.05, 0.1) is 15.2 Å². The number of hydrogen-bond donors (Lipinski definition) is 1. The van der Waals surface area contributed by atoms with Crippen LogP contribution in [-0.2, 0) is 20.9 Å². The number of amides is 1. The van der Waals surface area contributed by atoms with Crippen molar-refractivity contribution in [2.75, 3.05) is 7.11 Å². The van der Waals surface area contributed by atoms with Crippen LogP contribution >= 0.6 is 0 Å². The summed E-state index contributed by atoms with van der Waals surface area (Å²) in [5, 5.41) is 2.45. The molecule has 0 atom stereocenters. The Morgan fingerprint density at radius 3 is 2.33 bits per heavy atom. The van der Waals surface area contributed by atoms with Crippen molar-refractivity contribution in [2.45, 2.75) is 26.2 Å². The minimum absolute atomic E-state index is 0.134. The number of esters is 1. The lowest BCUT2D eigenvalue weighted by atomic mass is 10.2. The summed E-state index contributed by atoms with van der Waals surface area (Å²) in [6.07, 6.45) is -0.672. The summed E-state index contributed by atoms with van der Waals surface area (Å²) in [5.74, 6) is -0.575. The molecule has 0 aliphatic rings. The normalized spacial score (nSPS) is 11.7. The molecule has 0 saturated heterocycles. The molecule has 0 heterocycles. The van der Waals surface area contributed by atoms with Crippen LogP contribution in [-0.4, -0.2) is 27.2 Å². The summed E-state index contributed by atoms with van der Waals surface area (Å²) < 4.78 is 9.75. The summed E-state index contributed by atoms with van der Waals surface area (Å²) >= 11 is 0. The standard InChI is InChI=1S/C15H21NO4Si/c1-19-14(17)13(11-21(2,3)4)16-15(18)20-10-12-8-6-5-7-9-12/h5-9,11H,10H2,1-4H3,(H,16,18). The van der Waals surface area contributed by atoms with E-state index in [2.05, 4.69) is 10.1 Å². The van der Waals surface area contributed by atoms with Gasteiger partial charge in [-0.2, -0.15) is 0 Å². The van der Waals surface area contributed by atoms with E-state index in [-0.39, 0.29) is 12.3 Å². The fraction of sp³-hybridized carbons (Fsp3) is 0.333. The predicted octanol–water partition coefficient (Wildman–Crippen LogP) is 2.85. The lowest BCUT2D eigenvalue weighted by molar-refractivity contribution is -0.136. The first-order valence-corrected chi connectivity index (χ1v) is 10.2. The van der Waals surface area contributed by atoms with E-state index < -0.39 is 20.1 Å². The number of ether oxygens (including phenoxy) is 2. The second-order valence-corrected chi connectivity index (χ2v) is 10.6. The van der Waals surface area contributed by atoms with Gasteiger partial charge in [0.2, 0.25) is 0 Å². The van der Waals surface area contributed by atoms with Crippen LogP contribution in [0.25, 0.3) is 0 Å². The maximum absolute atomic E-state index is 11.8. The monoisotopic (exact) mass is 307 g/mol. The molecule has 0 unspecified atom stereocenters. The highest BCUT2D eigenvalue weighted by molar-refractivity contribution is 6.81. The molecule has 21 heavy (non-hydrogen) atoms. The Morgan fingerprint density at radius 2 is 1.81 bits per heavy atom. The molecule has 0 aromatic heterocycles. The average molecular weight is 307 g/mol. The fourth-order valence-corrected chi connectivity index (χ4v) is 2.61. The summed E-state index contributed by atoms with van der Waals surface area (Å²) in [7, 11) is -0.411. The van der Waals surface area contributed by atoms with Crippen LogP contribution in [0.3, 0.4) is 0 Å². The number of hydrogen-bond acceptors (Lipinski definition) is 4. The van der Waals surface area contributed by atoms with Crippen molar-refractivity contribution in [3.63, 3.8) is 0 Å². The van der Waals surface area contributed by atoms with Crippen LogP contribution in [0, 0.1) is 0 Å². The molecule has 0 aliphatic heterocycles. The maximum Gasteiger partial charge on any atom is 0.412 e. The van der Waals surface area contributed by atoms with Gasteiger partial charge in [0, 0.05) is 0 Å². The van der Waals surface area contributed by atoms with Crippen LogP contribution in [0.1, 0.15) is 5.56 Å². The minimum atomic E-state index is -1.69. The van der Waals surface area contributed by atoms with E-state index in [4.69, 9.17) is 4.74 Å². The van der Waals surface area contributed by atoms with Crippen LogP contribution in [0.2, 0.25) is 19.6 Å². The van der Waals surface area contributed by atoms with Crippen molar-refractivity contribution in [1.29, 1.82) is 0 Å². The highest BCUT2D eigenvalue weighted by Crippen LogP contribution is 2.07. The maximum atomic E-state index is 11.8. The molecule has 0 radical (unpaired) electrons. The third-order valence-electron chi connectivity index (χ3n) is 2.43. The van der Waals surface area contributed by atoms with E-state index in [0.29, 0.717) is 0 Å². The zero-order valence-electron chi connectivity index (χ0n) is 12.8. The fourth-order valence-electron chi connectivity index (χ4n) is 1.56. The second kappa shape index (κ2) is 7.63. The van der Waals surface area contributed by atoms with Gasteiger partial charge in [-0.15, -0.1) is 0 Å². The summed E-state index contributed by atoms with van der Waals surface area (Å²) in [6, 6.07) is 9.32. The molecule has 0 bridgehead atoms. The van der Waals surface area contributed by atoms with Crippen molar-refractivity contribution in [2.24, 2.45) is 0 Å². The Bertz CT molecular complexity index is 520. The molecule has 114 valence electrons. The molecule has 1 N–H and O–H groups in total. The van der Waals surface area contributed by atoms with E-state index in [1.807, 2.05) is 50.0 Å². The first-order valence-electron chi connectivity index (χ1n) is 6.61. The molecule has 0 aliphatic carbocycles. The average Bonchev–Trinajstić information content (AvgIpc) is 2.43. The Morgan fingerprint density at radius 1 is 1.19 bits per heavy atom. The van der Waals surface area contributed by atoms with Crippen molar-refractivity contribution < 1.29 is 19.1 Å². The van der Waals surface area contributed by atoms with E-state index >= 15 is 0 Å². The van der Waals surface area contributed by atoms with E-state index in [1.54, 1.807) is 5.70 Å². The SMILES string of the molecule is COC(=O)C(=C[Si](C)(C)C)NC(=O)OCc1ccccc1. The lowest BCUT2D eigenvalue weighted by Gasteiger charge is -2.14. The van der Waals surface area contributed by atoms with E-state index in [0.717, 1.165) is 5.56 Å². The number of carbonyl (C=O) groups excluding carboxylic acids is 2. The Balaban J connectivity index is 2.65. The van der Waals surface area contributed by atoms with E-state index in [1.165, 1.54) is 7.11 Å². The quantitative estimate of drug-likeness (QED) is 0.516. The molecule has 0 fully saturated rings. The molecule has 1 rings (SSSR count).